The molecule has 0 amide bonds. The molecule has 0 aliphatic rings. The van der Waals surface area contributed by atoms with Crippen molar-refractivity contribution in [2.75, 3.05) is 12.8 Å². The molecule has 0 saturated heterocycles. The Labute approximate surface area is 85.7 Å². The van der Waals surface area contributed by atoms with Crippen LogP contribution in [0.4, 0.5) is 5.00 Å². The molecule has 74 valence electrons. The summed E-state index contributed by atoms with van der Waals surface area (Å²) in [6.45, 7) is 0.0180. The number of rotatable bonds is 2. The van der Waals surface area contributed by atoms with Crippen LogP contribution in [0.25, 0.3) is 10.1 Å². The maximum absolute atomic E-state index is 9.04. The summed E-state index contributed by atoms with van der Waals surface area (Å²) < 4.78 is 6.27. The lowest BCUT2D eigenvalue weighted by atomic mass is 10.1. The van der Waals surface area contributed by atoms with Crippen LogP contribution in [-0.2, 0) is 6.61 Å². The number of nitrogens with two attached hydrogens (primary N) is 1. The molecule has 0 spiro atoms. The number of hydrogen-bond acceptors (Lipinski definition) is 4. The summed E-state index contributed by atoms with van der Waals surface area (Å²) in [6, 6.07) is 5.65. The Morgan fingerprint density at radius 2 is 2.21 bits per heavy atom. The van der Waals surface area contributed by atoms with Crippen LogP contribution in [-0.4, -0.2) is 12.2 Å². The Kier molecular flexibility index (Phi) is 2.31. The molecule has 0 fully saturated rings. The largest absolute Gasteiger partial charge is 0.496 e. The van der Waals surface area contributed by atoms with Gasteiger partial charge in [-0.25, -0.2) is 0 Å². The third kappa shape index (κ3) is 1.42. The van der Waals surface area contributed by atoms with Gasteiger partial charge in [-0.15, -0.1) is 11.3 Å². The molecule has 4 heteroatoms. The van der Waals surface area contributed by atoms with Crippen LogP contribution in [0.15, 0.2) is 18.2 Å². The highest BCUT2D eigenvalue weighted by Gasteiger charge is 2.07. The maximum Gasteiger partial charge on any atom is 0.127 e. The van der Waals surface area contributed by atoms with Crippen LogP contribution < -0.4 is 10.5 Å². The number of methoxy groups -OCH3 is 1. The highest BCUT2D eigenvalue weighted by Crippen LogP contribution is 2.35. The van der Waals surface area contributed by atoms with Gasteiger partial charge in [0, 0.05) is 10.1 Å². The van der Waals surface area contributed by atoms with Gasteiger partial charge in [0.1, 0.15) is 5.75 Å². The molecule has 0 bridgehead atoms. The summed E-state index contributed by atoms with van der Waals surface area (Å²) in [5.41, 5.74) is 6.55. The number of benzene rings is 1. The third-order valence-corrected chi connectivity index (χ3v) is 2.99. The standard InChI is InChI=1S/C10H11NO2S/c1-13-8-2-6(5-12)3-9-7(8)4-10(11)14-9/h2-4,12H,5,11H2,1H3. The zero-order valence-corrected chi connectivity index (χ0v) is 8.60. The van der Waals surface area contributed by atoms with Crippen molar-refractivity contribution in [3.8, 4) is 5.75 Å². The normalized spacial score (nSPS) is 10.7. The number of hydrogen-bond donors (Lipinski definition) is 2. The molecule has 0 saturated carbocycles. The second-order valence-corrected chi connectivity index (χ2v) is 4.13. The SMILES string of the molecule is COc1cc(CO)cc2sc(N)cc12. The summed E-state index contributed by atoms with van der Waals surface area (Å²) in [5, 5.41) is 10.8. The first-order chi connectivity index (χ1) is 6.74. The molecule has 3 N–H and O–H groups in total. The fraction of sp³-hybridized carbons (Fsp3) is 0.200. The number of ether oxygens (including phenoxy) is 1. The van der Waals surface area contributed by atoms with Crippen molar-refractivity contribution in [3.05, 3.63) is 23.8 Å². The van der Waals surface area contributed by atoms with Gasteiger partial charge in [0.05, 0.1) is 18.7 Å². The Morgan fingerprint density at radius 1 is 1.43 bits per heavy atom. The van der Waals surface area contributed by atoms with Crippen LogP contribution in [0.5, 0.6) is 5.75 Å². The van der Waals surface area contributed by atoms with Crippen LogP contribution >= 0.6 is 11.3 Å². The highest BCUT2D eigenvalue weighted by molar-refractivity contribution is 7.22. The Hall–Kier alpha value is -1.26. The zero-order chi connectivity index (χ0) is 10.1. The van der Waals surface area contributed by atoms with Crippen molar-refractivity contribution in [2.45, 2.75) is 6.61 Å². The van der Waals surface area contributed by atoms with Crippen LogP contribution in [0, 0.1) is 0 Å². The fourth-order valence-electron chi connectivity index (χ4n) is 1.44. The van der Waals surface area contributed by atoms with Gasteiger partial charge in [-0.3, -0.25) is 0 Å². The molecule has 2 rings (SSSR count). The van der Waals surface area contributed by atoms with E-state index in [1.165, 1.54) is 11.3 Å². The van der Waals surface area contributed by atoms with E-state index in [1.54, 1.807) is 7.11 Å². The topological polar surface area (TPSA) is 55.5 Å². The average Bonchev–Trinajstić information content (AvgIpc) is 2.56. The Morgan fingerprint density at radius 3 is 2.86 bits per heavy atom. The van der Waals surface area contributed by atoms with Gasteiger partial charge in [0.2, 0.25) is 0 Å². The van der Waals surface area contributed by atoms with Crippen molar-refractivity contribution in [2.24, 2.45) is 0 Å². The average molecular weight is 209 g/mol. The summed E-state index contributed by atoms with van der Waals surface area (Å²) >= 11 is 1.50. The Bertz CT molecular complexity index is 464. The molecule has 2 aromatic rings. The van der Waals surface area contributed by atoms with Gasteiger partial charge in [0.25, 0.3) is 0 Å². The van der Waals surface area contributed by atoms with E-state index in [-0.39, 0.29) is 6.61 Å². The van der Waals surface area contributed by atoms with Crippen LogP contribution in [0.1, 0.15) is 5.56 Å². The number of fused-ring (bicyclic) bond motifs is 1. The van der Waals surface area contributed by atoms with Gasteiger partial charge < -0.3 is 15.6 Å². The summed E-state index contributed by atoms with van der Waals surface area (Å²) in [5.74, 6) is 0.763. The number of aliphatic hydroxyl groups excluding tert-OH is 1. The predicted molar refractivity (Wildman–Crippen MR) is 58.7 cm³/mol. The van der Waals surface area contributed by atoms with Crippen LogP contribution in [0.2, 0.25) is 0 Å². The predicted octanol–water partition coefficient (Wildman–Crippen LogP) is 1.98. The lowest BCUT2D eigenvalue weighted by molar-refractivity contribution is 0.281. The van der Waals surface area contributed by atoms with E-state index >= 15 is 0 Å². The van der Waals surface area contributed by atoms with Gasteiger partial charge >= 0.3 is 0 Å². The lowest BCUT2D eigenvalue weighted by Crippen LogP contribution is -1.87. The molecule has 14 heavy (non-hydrogen) atoms. The van der Waals surface area contributed by atoms with Crippen molar-refractivity contribution in [1.82, 2.24) is 0 Å². The van der Waals surface area contributed by atoms with Gasteiger partial charge in [0.15, 0.2) is 0 Å². The highest BCUT2D eigenvalue weighted by atomic mass is 32.1. The first kappa shape index (κ1) is 9.30. The van der Waals surface area contributed by atoms with E-state index < -0.39 is 0 Å². The first-order valence-electron chi connectivity index (χ1n) is 4.21. The van der Waals surface area contributed by atoms with E-state index in [4.69, 9.17) is 15.6 Å². The molecular weight excluding hydrogens is 198 g/mol. The van der Waals surface area contributed by atoms with E-state index in [9.17, 15) is 0 Å². The lowest BCUT2D eigenvalue weighted by Gasteiger charge is -2.03. The van der Waals surface area contributed by atoms with E-state index in [0.29, 0.717) is 0 Å². The minimum Gasteiger partial charge on any atom is -0.496 e. The van der Waals surface area contributed by atoms with E-state index in [2.05, 4.69) is 0 Å². The third-order valence-electron chi connectivity index (χ3n) is 2.08. The summed E-state index contributed by atoms with van der Waals surface area (Å²) in [7, 11) is 1.61. The molecule has 0 atom stereocenters. The minimum absolute atomic E-state index is 0.0180. The molecule has 0 radical (unpaired) electrons. The smallest absolute Gasteiger partial charge is 0.127 e. The van der Waals surface area contributed by atoms with Crippen molar-refractivity contribution >= 4 is 26.4 Å². The fourth-order valence-corrected chi connectivity index (χ4v) is 2.35. The number of nitrogen functional groups attached to an aromatic ring is 1. The first-order valence-corrected chi connectivity index (χ1v) is 5.03. The monoisotopic (exact) mass is 209 g/mol. The van der Waals surface area contributed by atoms with Crippen molar-refractivity contribution < 1.29 is 9.84 Å². The number of aliphatic hydroxyl groups is 1. The summed E-state index contributed by atoms with van der Waals surface area (Å²) in [4.78, 5) is 0. The van der Waals surface area contributed by atoms with E-state index in [0.717, 1.165) is 26.4 Å². The quantitative estimate of drug-likeness (QED) is 0.795. The van der Waals surface area contributed by atoms with Crippen molar-refractivity contribution in [3.63, 3.8) is 0 Å². The molecule has 0 unspecified atom stereocenters. The molecule has 0 aliphatic heterocycles. The molecule has 1 aromatic carbocycles. The van der Waals surface area contributed by atoms with Gasteiger partial charge in [-0.2, -0.15) is 0 Å². The summed E-state index contributed by atoms with van der Waals surface area (Å²) in [6.07, 6.45) is 0. The van der Waals surface area contributed by atoms with Crippen molar-refractivity contribution in [1.29, 1.82) is 0 Å². The Balaban J connectivity index is 2.72. The maximum atomic E-state index is 9.04. The molecule has 1 heterocycles. The number of thiophene rings is 1. The molecule has 1 aromatic heterocycles. The molecular formula is C10H11NO2S. The second kappa shape index (κ2) is 3.48. The van der Waals surface area contributed by atoms with E-state index in [1.807, 2.05) is 18.2 Å². The minimum atomic E-state index is 0.0180. The molecule has 0 aliphatic carbocycles. The zero-order valence-electron chi connectivity index (χ0n) is 7.78. The number of anilines is 1. The second-order valence-electron chi connectivity index (χ2n) is 3.02. The van der Waals surface area contributed by atoms with Gasteiger partial charge in [-0.05, 0) is 23.8 Å². The van der Waals surface area contributed by atoms with Gasteiger partial charge in [-0.1, -0.05) is 0 Å². The molecule has 3 nitrogen and oxygen atoms in total. The van der Waals surface area contributed by atoms with Crippen LogP contribution in [0.3, 0.4) is 0 Å².